The molecule has 1 fully saturated rings. The van der Waals surface area contributed by atoms with Crippen molar-refractivity contribution in [3.8, 4) is 0 Å². The Bertz CT molecular complexity index is 1080. The molecule has 8 heteroatoms. The number of nitrogens with zero attached hydrogens (tertiary/aromatic N) is 5. The molecule has 0 aliphatic carbocycles. The summed E-state index contributed by atoms with van der Waals surface area (Å²) in [5.74, 6) is 0.689. The number of ether oxygens (including phenoxy) is 1. The lowest BCUT2D eigenvalue weighted by Crippen LogP contribution is -2.37. The average molecular weight is 331 g/mol. The molecule has 4 heterocycles. The highest BCUT2D eigenvalue weighted by atomic mass is 16.5. The van der Waals surface area contributed by atoms with Crippen molar-refractivity contribution in [1.29, 1.82) is 0 Å². The van der Waals surface area contributed by atoms with E-state index in [4.69, 9.17) is 4.74 Å². The third-order valence-electron chi connectivity index (χ3n) is 5.16. The Morgan fingerprint density at radius 1 is 1.17 bits per heavy atom. The molecule has 3 aromatic heterocycles. The maximum atomic E-state index is 12.6. The van der Waals surface area contributed by atoms with Crippen molar-refractivity contribution in [2.24, 2.45) is 14.1 Å². The highest BCUT2D eigenvalue weighted by molar-refractivity contribution is 5.76. The standard InChI is InChI=1S/C16H21N5O3/c1-9-10(2)21-12-13(18(3)16(23)19(4)14(12)22)17-15(21)20(9)8-11-6-5-7-24-11/h11H,5-8H2,1-4H3/t11-/m0/s1. The van der Waals surface area contributed by atoms with Crippen LogP contribution in [0.15, 0.2) is 9.59 Å². The zero-order valence-corrected chi connectivity index (χ0v) is 14.4. The molecule has 1 aliphatic heterocycles. The topological polar surface area (TPSA) is 75.5 Å². The first-order valence-electron chi connectivity index (χ1n) is 8.17. The fourth-order valence-electron chi connectivity index (χ4n) is 3.60. The van der Waals surface area contributed by atoms with E-state index >= 15 is 0 Å². The van der Waals surface area contributed by atoms with Gasteiger partial charge in [0.25, 0.3) is 5.56 Å². The van der Waals surface area contributed by atoms with Crippen LogP contribution < -0.4 is 11.2 Å². The van der Waals surface area contributed by atoms with Crippen LogP contribution in [0, 0.1) is 13.8 Å². The van der Waals surface area contributed by atoms with Crippen LogP contribution in [0.2, 0.25) is 0 Å². The summed E-state index contributed by atoms with van der Waals surface area (Å²) < 4.78 is 12.3. The molecule has 1 atom stereocenters. The van der Waals surface area contributed by atoms with Crippen LogP contribution in [0.4, 0.5) is 0 Å². The summed E-state index contributed by atoms with van der Waals surface area (Å²) in [6.07, 6.45) is 2.28. The van der Waals surface area contributed by atoms with Gasteiger partial charge in [-0.3, -0.25) is 18.3 Å². The Hall–Kier alpha value is -2.35. The van der Waals surface area contributed by atoms with Crippen molar-refractivity contribution in [1.82, 2.24) is 23.1 Å². The monoisotopic (exact) mass is 331 g/mol. The van der Waals surface area contributed by atoms with Crippen LogP contribution in [0.3, 0.4) is 0 Å². The Morgan fingerprint density at radius 2 is 1.92 bits per heavy atom. The van der Waals surface area contributed by atoms with Gasteiger partial charge >= 0.3 is 5.69 Å². The Kier molecular flexibility index (Phi) is 3.21. The Labute approximate surface area is 137 Å². The van der Waals surface area contributed by atoms with Gasteiger partial charge < -0.3 is 9.30 Å². The minimum absolute atomic E-state index is 0.172. The maximum Gasteiger partial charge on any atom is 0.332 e. The highest BCUT2D eigenvalue weighted by Gasteiger charge is 2.24. The number of rotatable bonds is 2. The van der Waals surface area contributed by atoms with Crippen molar-refractivity contribution in [2.45, 2.75) is 39.3 Å². The molecule has 0 N–H and O–H groups in total. The lowest BCUT2D eigenvalue weighted by molar-refractivity contribution is 0.0974. The zero-order valence-electron chi connectivity index (χ0n) is 14.4. The largest absolute Gasteiger partial charge is 0.376 e. The Balaban J connectivity index is 2.07. The number of imidazole rings is 2. The highest BCUT2D eigenvalue weighted by Crippen LogP contribution is 2.23. The zero-order chi connectivity index (χ0) is 17.2. The summed E-state index contributed by atoms with van der Waals surface area (Å²) in [6, 6.07) is 0. The van der Waals surface area contributed by atoms with Crippen molar-refractivity contribution in [2.75, 3.05) is 6.61 Å². The van der Waals surface area contributed by atoms with Gasteiger partial charge in [-0.25, -0.2) is 4.79 Å². The van der Waals surface area contributed by atoms with E-state index < -0.39 is 0 Å². The van der Waals surface area contributed by atoms with Crippen LogP contribution in [-0.4, -0.2) is 35.8 Å². The van der Waals surface area contributed by atoms with E-state index in [1.54, 1.807) is 7.05 Å². The smallest absolute Gasteiger partial charge is 0.332 e. The lowest BCUT2D eigenvalue weighted by Gasteiger charge is -2.12. The summed E-state index contributed by atoms with van der Waals surface area (Å²) in [6.45, 7) is 5.50. The van der Waals surface area contributed by atoms with Gasteiger partial charge in [-0.1, -0.05) is 0 Å². The van der Waals surface area contributed by atoms with Gasteiger partial charge in [0.2, 0.25) is 5.78 Å². The summed E-state index contributed by atoms with van der Waals surface area (Å²) in [7, 11) is 3.14. The SMILES string of the molecule is Cc1c(C)n2c3c(=O)n(C)c(=O)n(C)c3nc2n1C[C@@H]1CCCO1. The second-order valence-electron chi connectivity index (χ2n) is 6.54. The molecule has 4 rings (SSSR count). The first kappa shape index (κ1) is 15.2. The van der Waals surface area contributed by atoms with E-state index in [-0.39, 0.29) is 17.4 Å². The lowest BCUT2D eigenvalue weighted by atomic mass is 10.2. The third-order valence-corrected chi connectivity index (χ3v) is 5.16. The summed E-state index contributed by atoms with van der Waals surface area (Å²) in [5, 5.41) is 0. The molecule has 8 nitrogen and oxygen atoms in total. The summed E-state index contributed by atoms with van der Waals surface area (Å²) in [5.41, 5.74) is 2.20. The molecule has 0 aromatic carbocycles. The molecule has 1 saturated heterocycles. The maximum absolute atomic E-state index is 12.6. The van der Waals surface area contributed by atoms with E-state index in [9.17, 15) is 9.59 Å². The minimum atomic E-state index is -0.367. The normalized spacial score (nSPS) is 18.2. The van der Waals surface area contributed by atoms with Gasteiger partial charge in [-0.2, -0.15) is 4.98 Å². The van der Waals surface area contributed by atoms with Gasteiger partial charge in [-0.05, 0) is 26.7 Å². The van der Waals surface area contributed by atoms with Crippen molar-refractivity contribution < 1.29 is 4.74 Å². The summed E-state index contributed by atoms with van der Waals surface area (Å²) >= 11 is 0. The van der Waals surface area contributed by atoms with Crippen LogP contribution >= 0.6 is 0 Å². The third kappa shape index (κ3) is 1.86. The first-order valence-corrected chi connectivity index (χ1v) is 8.17. The first-order chi connectivity index (χ1) is 11.4. The Morgan fingerprint density at radius 3 is 2.58 bits per heavy atom. The number of hydrogen-bond acceptors (Lipinski definition) is 4. The molecule has 0 unspecified atom stereocenters. The van der Waals surface area contributed by atoms with E-state index in [1.807, 2.05) is 18.2 Å². The van der Waals surface area contributed by atoms with Crippen LogP contribution in [0.1, 0.15) is 24.2 Å². The van der Waals surface area contributed by atoms with Crippen molar-refractivity contribution in [3.05, 3.63) is 32.2 Å². The molecule has 0 spiro atoms. The molecule has 24 heavy (non-hydrogen) atoms. The van der Waals surface area contributed by atoms with E-state index in [0.717, 1.165) is 35.4 Å². The molecule has 0 saturated carbocycles. The van der Waals surface area contributed by atoms with Gasteiger partial charge in [-0.15, -0.1) is 0 Å². The number of fused-ring (bicyclic) bond motifs is 3. The van der Waals surface area contributed by atoms with Crippen molar-refractivity contribution >= 4 is 16.9 Å². The number of hydrogen-bond donors (Lipinski definition) is 0. The number of aromatic nitrogens is 5. The fourth-order valence-corrected chi connectivity index (χ4v) is 3.60. The van der Waals surface area contributed by atoms with E-state index in [1.165, 1.54) is 11.6 Å². The predicted octanol–water partition coefficient (Wildman–Crippen LogP) is 0.482. The van der Waals surface area contributed by atoms with Crippen molar-refractivity contribution in [3.63, 3.8) is 0 Å². The van der Waals surface area contributed by atoms with Crippen LogP contribution in [0.5, 0.6) is 0 Å². The molecule has 3 aromatic rings. The summed E-state index contributed by atoms with van der Waals surface area (Å²) in [4.78, 5) is 29.4. The van der Waals surface area contributed by atoms with Gasteiger partial charge in [0, 0.05) is 32.1 Å². The van der Waals surface area contributed by atoms with E-state index in [2.05, 4.69) is 9.55 Å². The molecular formula is C16H21N5O3. The molecule has 128 valence electrons. The average Bonchev–Trinajstić information content (AvgIpc) is 3.25. The molecule has 0 radical (unpaired) electrons. The van der Waals surface area contributed by atoms with Gasteiger partial charge in [0.15, 0.2) is 11.2 Å². The molecule has 0 bridgehead atoms. The fraction of sp³-hybridized carbons (Fsp3) is 0.562. The second-order valence-corrected chi connectivity index (χ2v) is 6.54. The molecule has 1 aliphatic rings. The second kappa shape index (κ2) is 5.07. The van der Waals surface area contributed by atoms with Crippen LogP contribution in [-0.2, 0) is 25.4 Å². The number of aryl methyl sites for hydroxylation is 2. The quantitative estimate of drug-likeness (QED) is 0.685. The molecular weight excluding hydrogens is 310 g/mol. The van der Waals surface area contributed by atoms with Gasteiger partial charge in [0.1, 0.15) is 0 Å². The van der Waals surface area contributed by atoms with Gasteiger partial charge in [0.05, 0.1) is 12.6 Å². The van der Waals surface area contributed by atoms with E-state index in [0.29, 0.717) is 23.5 Å². The van der Waals surface area contributed by atoms with Crippen LogP contribution in [0.25, 0.3) is 16.9 Å². The molecule has 0 amide bonds. The minimum Gasteiger partial charge on any atom is -0.376 e. The predicted molar refractivity (Wildman–Crippen MR) is 89.6 cm³/mol.